The third kappa shape index (κ3) is 5.65. The van der Waals surface area contributed by atoms with Gasteiger partial charge < -0.3 is 14.4 Å². The molecule has 1 aromatic rings. The zero-order valence-corrected chi connectivity index (χ0v) is 17.4. The van der Waals surface area contributed by atoms with Crippen molar-refractivity contribution in [2.75, 3.05) is 32.2 Å². The number of rotatable bonds is 10. The van der Waals surface area contributed by atoms with Crippen LogP contribution >= 0.6 is 0 Å². The summed E-state index contributed by atoms with van der Waals surface area (Å²) in [6, 6.07) is 7.02. The van der Waals surface area contributed by atoms with E-state index >= 15 is 0 Å². The molecule has 0 N–H and O–H groups in total. The summed E-state index contributed by atoms with van der Waals surface area (Å²) in [7, 11) is 3.75. The second-order valence-corrected chi connectivity index (χ2v) is 6.69. The molecule has 154 valence electrons. The van der Waals surface area contributed by atoms with Gasteiger partial charge in [-0.25, -0.2) is 0 Å². The summed E-state index contributed by atoms with van der Waals surface area (Å²) < 4.78 is 10.1. The number of anilines is 1. The normalized spacial score (nSPS) is 13.8. The molecule has 0 aliphatic carbocycles. The largest absolute Gasteiger partial charge is 0.465 e. The van der Waals surface area contributed by atoms with Crippen LogP contribution in [0, 0.1) is 11.8 Å². The smallest absolute Gasteiger partial charge is 0.317 e. The Morgan fingerprint density at radius 2 is 1.21 bits per heavy atom. The van der Waals surface area contributed by atoms with Crippen LogP contribution in [0.1, 0.15) is 39.2 Å². The lowest BCUT2D eigenvalue weighted by molar-refractivity contribution is -0.157. The second kappa shape index (κ2) is 10.6. The number of Topliss-reactive ketones (excluding diaryl/α,β-unsaturated/α-hetero) is 2. The molecule has 0 aliphatic heterocycles. The van der Waals surface area contributed by atoms with E-state index in [-0.39, 0.29) is 13.2 Å². The van der Waals surface area contributed by atoms with Crippen molar-refractivity contribution < 1.29 is 28.7 Å². The van der Waals surface area contributed by atoms with E-state index in [4.69, 9.17) is 9.47 Å². The minimum Gasteiger partial charge on any atom is -0.465 e. The monoisotopic (exact) mass is 391 g/mol. The molecule has 7 nitrogen and oxygen atoms in total. The van der Waals surface area contributed by atoms with Crippen LogP contribution in [0.2, 0.25) is 0 Å². The molecule has 0 radical (unpaired) electrons. The summed E-state index contributed by atoms with van der Waals surface area (Å²) in [4.78, 5) is 51.8. The Hall–Kier alpha value is -2.70. The zero-order chi connectivity index (χ0) is 21.4. The predicted molar refractivity (Wildman–Crippen MR) is 105 cm³/mol. The molecular formula is C21H29NO6. The van der Waals surface area contributed by atoms with E-state index in [0.717, 1.165) is 5.69 Å². The van der Waals surface area contributed by atoms with E-state index in [0.29, 0.717) is 5.56 Å². The molecule has 1 rings (SSSR count). The number of esters is 2. The molecule has 0 amide bonds. The lowest BCUT2D eigenvalue weighted by Crippen LogP contribution is -2.40. The fraction of sp³-hybridized carbons (Fsp3) is 0.524. The Morgan fingerprint density at radius 3 is 1.50 bits per heavy atom. The average molecular weight is 391 g/mol. The van der Waals surface area contributed by atoms with Crippen molar-refractivity contribution >= 4 is 29.2 Å². The first-order chi connectivity index (χ1) is 13.1. The minimum absolute atomic E-state index is 0.0824. The molecule has 3 atom stereocenters. The van der Waals surface area contributed by atoms with Gasteiger partial charge in [-0.3, -0.25) is 19.2 Å². The third-order valence-electron chi connectivity index (χ3n) is 4.47. The lowest BCUT2D eigenvalue weighted by Gasteiger charge is -2.29. The number of ether oxygens (including phenoxy) is 2. The Labute approximate surface area is 166 Å². The second-order valence-electron chi connectivity index (χ2n) is 6.69. The van der Waals surface area contributed by atoms with Gasteiger partial charge in [-0.15, -0.1) is 0 Å². The molecule has 1 unspecified atom stereocenters. The highest BCUT2D eigenvalue weighted by Crippen LogP contribution is 2.36. The molecule has 0 aromatic heterocycles. The SMILES string of the molecule is CCOC(=O)[C@@H](C(C)=O)C(c1ccc(N(C)C)cc1)[C@@H](C(C)=O)C(=O)OCC. The van der Waals surface area contributed by atoms with Crippen LogP contribution in [0.25, 0.3) is 0 Å². The molecule has 28 heavy (non-hydrogen) atoms. The van der Waals surface area contributed by atoms with E-state index in [9.17, 15) is 19.2 Å². The Balaban J connectivity index is 3.58. The molecular weight excluding hydrogens is 362 g/mol. The molecule has 0 bridgehead atoms. The number of carbonyl (C=O) groups is 4. The highest BCUT2D eigenvalue weighted by Gasteiger charge is 2.45. The van der Waals surface area contributed by atoms with Gasteiger partial charge in [0.1, 0.15) is 23.4 Å². The number of nitrogens with zero attached hydrogens (tertiary/aromatic N) is 1. The standard InChI is InChI=1S/C21H29NO6/c1-7-27-20(25)17(13(3)23)19(18(14(4)24)21(26)28-8-2)15-9-11-16(12-10-15)22(5)6/h9-12,17-19H,7-8H2,1-6H3/t17-,18+,19?. The number of carbonyl (C=O) groups excluding carboxylic acids is 4. The van der Waals surface area contributed by atoms with Crippen LogP contribution in [-0.4, -0.2) is 50.8 Å². The third-order valence-corrected chi connectivity index (χ3v) is 4.47. The van der Waals surface area contributed by atoms with Gasteiger partial charge in [-0.2, -0.15) is 0 Å². The molecule has 0 spiro atoms. The molecule has 0 fully saturated rings. The van der Waals surface area contributed by atoms with E-state index in [1.807, 2.05) is 19.0 Å². The summed E-state index contributed by atoms with van der Waals surface area (Å²) >= 11 is 0. The maximum absolute atomic E-state index is 12.6. The Morgan fingerprint density at radius 1 is 0.821 bits per heavy atom. The Bertz CT molecular complexity index is 674. The fourth-order valence-electron chi connectivity index (χ4n) is 3.17. The summed E-state index contributed by atoms with van der Waals surface area (Å²) in [5.41, 5.74) is 1.42. The van der Waals surface area contributed by atoms with Gasteiger partial charge >= 0.3 is 11.9 Å². The first-order valence-electron chi connectivity index (χ1n) is 9.27. The van der Waals surface area contributed by atoms with Crippen molar-refractivity contribution in [3.8, 4) is 0 Å². The van der Waals surface area contributed by atoms with Crippen molar-refractivity contribution in [2.45, 2.75) is 33.6 Å². The first-order valence-corrected chi connectivity index (χ1v) is 9.27. The van der Waals surface area contributed by atoms with Crippen LogP contribution in [0.3, 0.4) is 0 Å². The zero-order valence-electron chi connectivity index (χ0n) is 17.4. The number of benzene rings is 1. The van der Waals surface area contributed by atoms with Crippen LogP contribution in [0.15, 0.2) is 24.3 Å². The quantitative estimate of drug-likeness (QED) is 0.447. The maximum atomic E-state index is 12.6. The van der Waals surface area contributed by atoms with Crippen LogP contribution < -0.4 is 4.90 Å². The average Bonchev–Trinajstić information content (AvgIpc) is 2.61. The van der Waals surface area contributed by atoms with E-state index < -0.39 is 41.3 Å². The summed E-state index contributed by atoms with van der Waals surface area (Å²) in [5, 5.41) is 0. The highest BCUT2D eigenvalue weighted by atomic mass is 16.5. The van der Waals surface area contributed by atoms with Gasteiger partial charge in [0.15, 0.2) is 0 Å². The van der Waals surface area contributed by atoms with Crippen molar-refractivity contribution in [3.63, 3.8) is 0 Å². The molecule has 0 heterocycles. The van der Waals surface area contributed by atoms with Crippen LogP contribution in [-0.2, 0) is 28.7 Å². The van der Waals surface area contributed by atoms with E-state index in [1.165, 1.54) is 13.8 Å². The van der Waals surface area contributed by atoms with Crippen molar-refractivity contribution in [1.82, 2.24) is 0 Å². The Kier molecular flexibility index (Phi) is 8.82. The van der Waals surface area contributed by atoms with E-state index in [2.05, 4.69) is 0 Å². The van der Waals surface area contributed by atoms with Gasteiger partial charge in [0, 0.05) is 25.7 Å². The maximum Gasteiger partial charge on any atom is 0.317 e. The first kappa shape index (κ1) is 23.3. The van der Waals surface area contributed by atoms with Gasteiger partial charge in [0.2, 0.25) is 0 Å². The summed E-state index contributed by atoms with van der Waals surface area (Å²) in [6.45, 7) is 5.93. The summed E-state index contributed by atoms with van der Waals surface area (Å²) in [5.74, 6) is -6.05. The van der Waals surface area contributed by atoms with E-state index in [1.54, 1.807) is 38.1 Å². The van der Waals surface area contributed by atoms with Crippen molar-refractivity contribution in [1.29, 1.82) is 0 Å². The van der Waals surface area contributed by atoms with Crippen LogP contribution in [0.4, 0.5) is 5.69 Å². The van der Waals surface area contributed by atoms with Gasteiger partial charge in [0.05, 0.1) is 13.2 Å². The van der Waals surface area contributed by atoms with Gasteiger partial charge in [-0.1, -0.05) is 12.1 Å². The molecule has 0 saturated carbocycles. The predicted octanol–water partition coefficient (Wildman–Crippen LogP) is 2.37. The minimum atomic E-state index is -1.29. The summed E-state index contributed by atoms with van der Waals surface area (Å²) in [6.07, 6.45) is 0. The number of ketones is 2. The molecule has 1 aromatic carbocycles. The molecule has 0 saturated heterocycles. The number of hydrogen-bond donors (Lipinski definition) is 0. The molecule has 0 aliphatic rings. The fourth-order valence-corrected chi connectivity index (χ4v) is 3.17. The van der Waals surface area contributed by atoms with Crippen molar-refractivity contribution in [2.24, 2.45) is 11.8 Å². The topological polar surface area (TPSA) is 90.0 Å². The lowest BCUT2D eigenvalue weighted by atomic mass is 9.73. The van der Waals surface area contributed by atoms with Gasteiger partial charge in [0.25, 0.3) is 0 Å². The highest BCUT2D eigenvalue weighted by molar-refractivity contribution is 6.04. The van der Waals surface area contributed by atoms with Crippen LogP contribution in [0.5, 0.6) is 0 Å². The van der Waals surface area contributed by atoms with Gasteiger partial charge in [-0.05, 0) is 45.4 Å². The number of hydrogen-bond acceptors (Lipinski definition) is 7. The molecule has 7 heteroatoms. The van der Waals surface area contributed by atoms with Crippen molar-refractivity contribution in [3.05, 3.63) is 29.8 Å².